The molecule has 2 rings (SSSR count). The number of carbonyl (C=O) groups is 4. The lowest BCUT2D eigenvalue weighted by molar-refractivity contribution is -0.135. The number of benzene rings is 1. The minimum absolute atomic E-state index is 0.0390. The van der Waals surface area contributed by atoms with E-state index in [2.05, 4.69) is 21.3 Å². The molecule has 0 spiro atoms. The topological polar surface area (TPSA) is 183 Å². The summed E-state index contributed by atoms with van der Waals surface area (Å²) >= 11 is 0. The van der Waals surface area contributed by atoms with Gasteiger partial charge in [0.2, 0.25) is 23.6 Å². The quantitative estimate of drug-likeness (QED) is 0.189. The number of hydrogen-bond acceptors (Lipinski definition) is 7. The fraction of sp³-hybridized carbons (Fsp3) is 0.583. The lowest BCUT2D eigenvalue weighted by atomic mass is 10.0. The molecular weight excluding hydrogens is 454 g/mol. The number of amides is 4. The minimum atomic E-state index is -1.38. The summed E-state index contributed by atoms with van der Waals surface area (Å²) in [6.45, 7) is 5.09. The highest BCUT2D eigenvalue weighted by Crippen LogP contribution is 2.12. The molecule has 4 amide bonds. The van der Waals surface area contributed by atoms with Crippen LogP contribution >= 0.6 is 0 Å². The summed E-state index contributed by atoms with van der Waals surface area (Å²) in [7, 11) is 0. The molecule has 1 aliphatic heterocycles. The molecule has 1 aromatic carbocycles. The van der Waals surface area contributed by atoms with Crippen molar-refractivity contribution in [1.82, 2.24) is 21.3 Å². The zero-order valence-corrected chi connectivity index (χ0v) is 20.4. The second-order valence-corrected chi connectivity index (χ2v) is 9.38. The molecule has 0 saturated carbocycles. The maximum absolute atomic E-state index is 13.0. The van der Waals surface area contributed by atoms with Gasteiger partial charge in [-0.1, -0.05) is 44.2 Å². The van der Waals surface area contributed by atoms with E-state index in [1.54, 1.807) is 24.3 Å². The molecule has 1 heterocycles. The summed E-state index contributed by atoms with van der Waals surface area (Å²) in [5, 5.41) is 30.2. The van der Waals surface area contributed by atoms with Crippen LogP contribution in [0, 0.1) is 5.92 Å². The Labute approximate surface area is 205 Å². The van der Waals surface area contributed by atoms with E-state index in [4.69, 9.17) is 5.73 Å². The number of nitrogens with two attached hydrogens (primary N) is 1. The highest BCUT2D eigenvalue weighted by atomic mass is 16.3. The van der Waals surface area contributed by atoms with Crippen LogP contribution in [0.25, 0.3) is 0 Å². The van der Waals surface area contributed by atoms with Crippen molar-refractivity contribution in [2.45, 2.75) is 83.0 Å². The monoisotopic (exact) mass is 491 g/mol. The molecule has 35 heavy (non-hydrogen) atoms. The Morgan fingerprint density at radius 3 is 2.17 bits per heavy atom. The molecule has 1 fully saturated rings. The molecule has 11 heteroatoms. The van der Waals surface area contributed by atoms with Gasteiger partial charge in [-0.25, -0.2) is 0 Å². The smallest absolute Gasteiger partial charge is 0.245 e. The molecule has 11 nitrogen and oxygen atoms in total. The predicted molar refractivity (Wildman–Crippen MR) is 128 cm³/mol. The van der Waals surface area contributed by atoms with Crippen LogP contribution in [0.1, 0.15) is 45.6 Å². The van der Waals surface area contributed by atoms with E-state index >= 15 is 0 Å². The molecule has 6 atom stereocenters. The van der Waals surface area contributed by atoms with Crippen molar-refractivity contribution in [3.05, 3.63) is 35.9 Å². The second-order valence-electron chi connectivity index (χ2n) is 9.38. The summed E-state index contributed by atoms with van der Waals surface area (Å²) in [4.78, 5) is 50.5. The van der Waals surface area contributed by atoms with Crippen LogP contribution < -0.4 is 27.0 Å². The second kappa shape index (κ2) is 13.2. The zero-order valence-electron chi connectivity index (χ0n) is 20.4. The van der Waals surface area contributed by atoms with Crippen molar-refractivity contribution in [3.8, 4) is 0 Å². The number of carbonyl (C=O) groups excluding carboxylic acids is 4. The molecule has 0 bridgehead atoms. The van der Waals surface area contributed by atoms with Gasteiger partial charge in [0.15, 0.2) is 0 Å². The van der Waals surface area contributed by atoms with Gasteiger partial charge in [-0.05, 0) is 37.7 Å². The lowest BCUT2D eigenvalue weighted by Gasteiger charge is -2.27. The van der Waals surface area contributed by atoms with Crippen LogP contribution in [0.2, 0.25) is 0 Å². The Morgan fingerprint density at radius 1 is 1.00 bits per heavy atom. The fourth-order valence-corrected chi connectivity index (χ4v) is 3.90. The number of aliphatic hydroxyl groups excluding tert-OH is 2. The highest BCUT2D eigenvalue weighted by Gasteiger charge is 2.34. The normalized spacial score (nSPS) is 21.0. The average molecular weight is 492 g/mol. The van der Waals surface area contributed by atoms with Gasteiger partial charge in [0.1, 0.15) is 24.4 Å². The van der Waals surface area contributed by atoms with Crippen molar-refractivity contribution in [3.63, 3.8) is 0 Å². The predicted octanol–water partition coefficient (Wildman–Crippen LogP) is -1.33. The van der Waals surface area contributed by atoms with Crippen molar-refractivity contribution in [2.24, 2.45) is 11.7 Å². The molecule has 1 saturated heterocycles. The standard InChI is InChI=1S/C24H37N5O6/c1-13(2)11-18(28-22(33)16-9-10-19(31)26-16)23(34)29-20(14(3)30)24(35)27-17(21(25)32)12-15-7-5-4-6-8-15/h4-8,13-14,16-20,26,30-31H,9-12H2,1-3H3,(H2,25,32)(H,27,35)(H,28,33)(H,29,34)/t14-,16+,17+,18+,19?,20?/m1/s1. The molecule has 8 N–H and O–H groups in total. The third kappa shape index (κ3) is 8.93. The Morgan fingerprint density at radius 2 is 1.66 bits per heavy atom. The maximum atomic E-state index is 13.0. The zero-order chi connectivity index (χ0) is 26.1. The average Bonchev–Trinajstić information content (AvgIpc) is 3.22. The Kier molecular flexibility index (Phi) is 10.6. The summed E-state index contributed by atoms with van der Waals surface area (Å²) in [5.41, 5.74) is 6.24. The third-order valence-corrected chi connectivity index (χ3v) is 5.78. The molecule has 194 valence electrons. The SMILES string of the molecule is CC(C)C[C@H](NC(=O)[C@@H]1CCC(O)N1)C(=O)NC(C(=O)N[C@@H](Cc1ccccc1)C(N)=O)[C@@H](C)O. The Bertz CT molecular complexity index is 878. The van der Waals surface area contributed by atoms with Crippen LogP contribution in [-0.4, -0.2) is 70.3 Å². The third-order valence-electron chi connectivity index (χ3n) is 5.78. The van der Waals surface area contributed by atoms with Crippen molar-refractivity contribution < 1.29 is 29.4 Å². The van der Waals surface area contributed by atoms with E-state index < -0.39 is 60.1 Å². The number of hydrogen-bond donors (Lipinski definition) is 7. The fourth-order valence-electron chi connectivity index (χ4n) is 3.90. The molecule has 0 aromatic heterocycles. The van der Waals surface area contributed by atoms with Gasteiger partial charge in [-0.2, -0.15) is 0 Å². The summed E-state index contributed by atoms with van der Waals surface area (Å²) in [6, 6.07) is 4.95. The largest absolute Gasteiger partial charge is 0.391 e. The van der Waals surface area contributed by atoms with Gasteiger partial charge in [0, 0.05) is 6.42 Å². The lowest BCUT2D eigenvalue weighted by Crippen LogP contribution is -2.60. The number of aliphatic hydroxyl groups is 2. The van der Waals surface area contributed by atoms with Crippen molar-refractivity contribution in [2.75, 3.05) is 0 Å². The Balaban J connectivity index is 2.08. The van der Waals surface area contributed by atoms with Crippen molar-refractivity contribution >= 4 is 23.6 Å². The van der Waals surface area contributed by atoms with Gasteiger partial charge < -0.3 is 31.9 Å². The molecule has 1 aromatic rings. The van der Waals surface area contributed by atoms with Gasteiger partial charge in [-0.15, -0.1) is 0 Å². The van der Waals surface area contributed by atoms with Crippen molar-refractivity contribution in [1.29, 1.82) is 0 Å². The summed E-state index contributed by atoms with van der Waals surface area (Å²) < 4.78 is 0. The molecule has 0 radical (unpaired) electrons. The van der Waals surface area contributed by atoms with Crippen LogP contribution in [0.4, 0.5) is 0 Å². The first-order chi connectivity index (χ1) is 16.5. The Hall–Kier alpha value is -3.02. The number of nitrogens with one attached hydrogen (secondary N) is 4. The van der Waals surface area contributed by atoms with E-state index in [1.165, 1.54) is 6.92 Å². The van der Waals surface area contributed by atoms with E-state index in [1.807, 2.05) is 19.9 Å². The summed E-state index contributed by atoms with van der Waals surface area (Å²) in [6.07, 6.45) is -0.773. The minimum Gasteiger partial charge on any atom is -0.391 e. The molecule has 2 unspecified atom stereocenters. The number of primary amides is 1. The van der Waals surface area contributed by atoms with Gasteiger partial charge in [-0.3, -0.25) is 24.5 Å². The maximum Gasteiger partial charge on any atom is 0.245 e. The summed E-state index contributed by atoms with van der Waals surface area (Å²) in [5.74, 6) is -2.57. The van der Waals surface area contributed by atoms with Gasteiger partial charge >= 0.3 is 0 Å². The van der Waals surface area contributed by atoms with Crippen LogP contribution in [0.15, 0.2) is 30.3 Å². The van der Waals surface area contributed by atoms with E-state index in [0.29, 0.717) is 19.3 Å². The number of rotatable bonds is 12. The first-order valence-corrected chi connectivity index (χ1v) is 11.8. The van der Waals surface area contributed by atoms with Crippen LogP contribution in [-0.2, 0) is 25.6 Å². The highest BCUT2D eigenvalue weighted by molar-refractivity contribution is 5.95. The molecule has 1 aliphatic rings. The molecular formula is C24H37N5O6. The molecule has 0 aliphatic carbocycles. The van der Waals surface area contributed by atoms with Gasteiger partial charge in [0.05, 0.1) is 12.1 Å². The van der Waals surface area contributed by atoms with E-state index in [9.17, 15) is 29.4 Å². The van der Waals surface area contributed by atoms with Gasteiger partial charge in [0.25, 0.3) is 0 Å². The van der Waals surface area contributed by atoms with E-state index in [-0.39, 0.29) is 12.3 Å². The first kappa shape index (κ1) is 28.2. The van der Waals surface area contributed by atoms with Crippen LogP contribution in [0.5, 0.6) is 0 Å². The first-order valence-electron chi connectivity index (χ1n) is 11.8. The van der Waals surface area contributed by atoms with Crippen LogP contribution in [0.3, 0.4) is 0 Å². The van der Waals surface area contributed by atoms with E-state index in [0.717, 1.165) is 5.56 Å².